The van der Waals surface area contributed by atoms with Crippen molar-refractivity contribution in [3.8, 4) is 0 Å². The standard InChI is InChI=1S/C15H15N3O2/c1-10-17-9-14(20-10)15(19)16-7-6-11-8-18-13-5-3-2-4-12(11)13/h2-5,8-9,18H,6-7H2,1H3,(H,16,19). The van der Waals surface area contributed by atoms with Crippen LogP contribution >= 0.6 is 0 Å². The van der Waals surface area contributed by atoms with Gasteiger partial charge in [-0.3, -0.25) is 4.79 Å². The van der Waals surface area contributed by atoms with E-state index in [9.17, 15) is 4.79 Å². The highest BCUT2D eigenvalue weighted by atomic mass is 16.4. The number of hydrogen-bond acceptors (Lipinski definition) is 3. The molecule has 0 atom stereocenters. The quantitative estimate of drug-likeness (QED) is 0.764. The Morgan fingerprint density at radius 1 is 1.40 bits per heavy atom. The Balaban J connectivity index is 1.61. The molecule has 102 valence electrons. The number of aromatic amines is 1. The average molecular weight is 269 g/mol. The summed E-state index contributed by atoms with van der Waals surface area (Å²) in [6, 6.07) is 8.11. The van der Waals surface area contributed by atoms with E-state index in [-0.39, 0.29) is 11.7 Å². The summed E-state index contributed by atoms with van der Waals surface area (Å²) in [7, 11) is 0. The van der Waals surface area contributed by atoms with Crippen LogP contribution in [0.4, 0.5) is 0 Å². The van der Waals surface area contributed by atoms with Crippen molar-refractivity contribution < 1.29 is 9.21 Å². The number of nitrogens with zero attached hydrogens (tertiary/aromatic N) is 1. The third kappa shape index (κ3) is 2.42. The van der Waals surface area contributed by atoms with E-state index in [2.05, 4.69) is 21.4 Å². The number of benzene rings is 1. The zero-order chi connectivity index (χ0) is 13.9. The summed E-state index contributed by atoms with van der Waals surface area (Å²) < 4.78 is 5.17. The minimum atomic E-state index is -0.231. The third-order valence-corrected chi connectivity index (χ3v) is 3.20. The Hall–Kier alpha value is -2.56. The van der Waals surface area contributed by atoms with Crippen molar-refractivity contribution in [3.63, 3.8) is 0 Å². The van der Waals surface area contributed by atoms with Gasteiger partial charge in [-0.2, -0.15) is 0 Å². The van der Waals surface area contributed by atoms with Crippen molar-refractivity contribution in [2.45, 2.75) is 13.3 Å². The highest BCUT2D eigenvalue weighted by Gasteiger charge is 2.10. The summed E-state index contributed by atoms with van der Waals surface area (Å²) >= 11 is 0. The molecule has 0 saturated heterocycles. The lowest BCUT2D eigenvalue weighted by molar-refractivity contribution is 0.0925. The first-order valence-electron chi connectivity index (χ1n) is 6.49. The molecule has 0 aliphatic rings. The summed E-state index contributed by atoms with van der Waals surface area (Å²) in [5, 5.41) is 4.02. The lowest BCUT2D eigenvalue weighted by atomic mass is 10.1. The molecule has 2 aromatic heterocycles. The van der Waals surface area contributed by atoms with Gasteiger partial charge in [0.1, 0.15) is 0 Å². The largest absolute Gasteiger partial charge is 0.436 e. The zero-order valence-electron chi connectivity index (χ0n) is 11.1. The normalized spacial score (nSPS) is 10.8. The summed E-state index contributed by atoms with van der Waals surface area (Å²) in [5.41, 5.74) is 2.30. The summed E-state index contributed by atoms with van der Waals surface area (Å²) in [5.74, 6) is 0.513. The molecule has 5 heteroatoms. The molecular weight excluding hydrogens is 254 g/mol. The molecule has 2 heterocycles. The Kier molecular flexibility index (Phi) is 3.25. The van der Waals surface area contributed by atoms with Crippen LogP contribution in [-0.2, 0) is 6.42 Å². The molecule has 0 radical (unpaired) electrons. The number of H-pyrrole nitrogens is 1. The van der Waals surface area contributed by atoms with Gasteiger partial charge in [0, 0.05) is 30.6 Å². The molecule has 1 amide bonds. The lowest BCUT2D eigenvalue weighted by Crippen LogP contribution is -2.25. The van der Waals surface area contributed by atoms with Gasteiger partial charge in [0.2, 0.25) is 5.76 Å². The minimum Gasteiger partial charge on any atom is -0.436 e. The Morgan fingerprint density at radius 2 is 2.25 bits per heavy atom. The number of rotatable bonds is 4. The Morgan fingerprint density at radius 3 is 3.05 bits per heavy atom. The Labute approximate surface area is 116 Å². The van der Waals surface area contributed by atoms with Crippen LogP contribution in [0.1, 0.15) is 22.0 Å². The van der Waals surface area contributed by atoms with Gasteiger partial charge >= 0.3 is 0 Å². The second-order valence-electron chi connectivity index (χ2n) is 4.61. The molecule has 0 saturated carbocycles. The maximum absolute atomic E-state index is 11.8. The molecule has 0 aliphatic carbocycles. The number of hydrogen-bond donors (Lipinski definition) is 2. The van der Waals surface area contributed by atoms with Crippen LogP contribution in [-0.4, -0.2) is 22.4 Å². The van der Waals surface area contributed by atoms with Gasteiger partial charge in [-0.1, -0.05) is 18.2 Å². The number of nitrogens with one attached hydrogen (secondary N) is 2. The van der Waals surface area contributed by atoms with Crippen LogP contribution in [0.2, 0.25) is 0 Å². The molecule has 3 rings (SSSR count). The van der Waals surface area contributed by atoms with Gasteiger partial charge in [-0.05, 0) is 18.1 Å². The molecule has 0 fully saturated rings. The fraction of sp³-hybridized carbons (Fsp3) is 0.200. The first-order valence-corrected chi connectivity index (χ1v) is 6.49. The first kappa shape index (κ1) is 12.5. The van der Waals surface area contributed by atoms with Crippen LogP contribution in [0.25, 0.3) is 10.9 Å². The maximum atomic E-state index is 11.8. The maximum Gasteiger partial charge on any atom is 0.288 e. The number of aromatic nitrogens is 2. The number of carbonyl (C=O) groups excluding carboxylic acids is 1. The van der Waals surface area contributed by atoms with Gasteiger partial charge < -0.3 is 14.7 Å². The molecule has 3 aromatic rings. The number of para-hydroxylation sites is 1. The van der Waals surface area contributed by atoms with Crippen LogP contribution in [0.5, 0.6) is 0 Å². The highest BCUT2D eigenvalue weighted by molar-refractivity contribution is 5.91. The fourth-order valence-electron chi connectivity index (χ4n) is 2.20. The molecular formula is C15H15N3O2. The zero-order valence-corrected chi connectivity index (χ0v) is 11.1. The molecule has 0 bridgehead atoms. The molecule has 2 N–H and O–H groups in total. The SMILES string of the molecule is Cc1ncc(C(=O)NCCc2c[nH]c3ccccc23)o1. The van der Waals surface area contributed by atoms with Crippen LogP contribution in [0.15, 0.2) is 41.1 Å². The van der Waals surface area contributed by atoms with E-state index in [1.165, 1.54) is 17.1 Å². The third-order valence-electron chi connectivity index (χ3n) is 3.20. The van der Waals surface area contributed by atoms with E-state index >= 15 is 0 Å². The van der Waals surface area contributed by atoms with Gasteiger partial charge in [0.15, 0.2) is 5.89 Å². The number of carbonyl (C=O) groups is 1. The van der Waals surface area contributed by atoms with Crippen LogP contribution < -0.4 is 5.32 Å². The second kappa shape index (κ2) is 5.21. The van der Waals surface area contributed by atoms with E-state index < -0.39 is 0 Å². The van der Waals surface area contributed by atoms with E-state index in [0.29, 0.717) is 12.4 Å². The van der Waals surface area contributed by atoms with E-state index in [0.717, 1.165) is 11.9 Å². The average Bonchev–Trinajstić information content (AvgIpc) is 3.06. The number of aryl methyl sites for hydroxylation is 1. The monoisotopic (exact) mass is 269 g/mol. The first-order chi connectivity index (χ1) is 9.74. The van der Waals surface area contributed by atoms with E-state index in [1.54, 1.807) is 6.92 Å². The van der Waals surface area contributed by atoms with Crippen molar-refractivity contribution in [2.75, 3.05) is 6.54 Å². The lowest BCUT2D eigenvalue weighted by Gasteiger charge is -2.02. The van der Waals surface area contributed by atoms with Crippen molar-refractivity contribution in [2.24, 2.45) is 0 Å². The van der Waals surface area contributed by atoms with E-state index in [4.69, 9.17) is 4.42 Å². The highest BCUT2D eigenvalue weighted by Crippen LogP contribution is 2.17. The molecule has 0 unspecified atom stereocenters. The van der Waals surface area contributed by atoms with Gasteiger partial charge in [0.05, 0.1) is 6.20 Å². The summed E-state index contributed by atoms with van der Waals surface area (Å²) in [6.07, 6.45) is 4.19. The van der Waals surface area contributed by atoms with Crippen LogP contribution in [0.3, 0.4) is 0 Å². The number of oxazole rings is 1. The molecule has 0 aliphatic heterocycles. The topological polar surface area (TPSA) is 70.9 Å². The van der Waals surface area contributed by atoms with Crippen molar-refractivity contribution >= 4 is 16.8 Å². The van der Waals surface area contributed by atoms with Gasteiger partial charge in [-0.25, -0.2) is 4.98 Å². The van der Waals surface area contributed by atoms with Crippen molar-refractivity contribution in [3.05, 3.63) is 53.9 Å². The van der Waals surface area contributed by atoms with Crippen molar-refractivity contribution in [1.82, 2.24) is 15.3 Å². The van der Waals surface area contributed by atoms with Gasteiger partial charge in [0.25, 0.3) is 5.91 Å². The Bertz CT molecular complexity index is 742. The van der Waals surface area contributed by atoms with E-state index in [1.807, 2.05) is 24.4 Å². The molecule has 0 spiro atoms. The fourth-order valence-corrected chi connectivity index (χ4v) is 2.20. The molecule has 1 aromatic carbocycles. The summed E-state index contributed by atoms with van der Waals surface area (Å²) in [4.78, 5) is 18.9. The summed E-state index contributed by atoms with van der Waals surface area (Å²) in [6.45, 7) is 2.27. The predicted octanol–water partition coefficient (Wildman–Crippen LogP) is 2.44. The number of amides is 1. The molecule has 20 heavy (non-hydrogen) atoms. The smallest absolute Gasteiger partial charge is 0.288 e. The minimum absolute atomic E-state index is 0.231. The predicted molar refractivity (Wildman–Crippen MR) is 75.6 cm³/mol. The number of fused-ring (bicyclic) bond motifs is 1. The van der Waals surface area contributed by atoms with Crippen molar-refractivity contribution in [1.29, 1.82) is 0 Å². The molecule has 5 nitrogen and oxygen atoms in total. The van der Waals surface area contributed by atoms with Crippen LogP contribution in [0, 0.1) is 6.92 Å². The van der Waals surface area contributed by atoms with Gasteiger partial charge in [-0.15, -0.1) is 0 Å². The second-order valence-corrected chi connectivity index (χ2v) is 4.61.